The first kappa shape index (κ1) is 21.8. The van der Waals surface area contributed by atoms with Gasteiger partial charge in [0.1, 0.15) is 17.8 Å². The van der Waals surface area contributed by atoms with Gasteiger partial charge in [-0.3, -0.25) is 4.79 Å². The zero-order valence-electron chi connectivity index (χ0n) is 16.9. The first-order valence-corrected chi connectivity index (χ1v) is 12.0. The van der Waals surface area contributed by atoms with Crippen molar-refractivity contribution in [2.24, 2.45) is 5.92 Å². The van der Waals surface area contributed by atoms with Gasteiger partial charge in [-0.05, 0) is 42.0 Å². The second-order valence-electron chi connectivity index (χ2n) is 8.22. The van der Waals surface area contributed by atoms with Crippen LogP contribution in [0.2, 0.25) is 0 Å². The van der Waals surface area contributed by atoms with Crippen LogP contribution in [0.1, 0.15) is 24.3 Å². The van der Waals surface area contributed by atoms with E-state index in [-0.39, 0.29) is 42.8 Å². The summed E-state index contributed by atoms with van der Waals surface area (Å²) in [7, 11) is -3.61. The first-order valence-electron chi connectivity index (χ1n) is 10.1. The Morgan fingerprint density at radius 1 is 1.10 bits per heavy atom. The molecule has 0 bridgehead atoms. The van der Waals surface area contributed by atoms with Gasteiger partial charge in [-0.15, -0.1) is 0 Å². The van der Waals surface area contributed by atoms with Gasteiger partial charge >= 0.3 is 0 Å². The van der Waals surface area contributed by atoms with Crippen molar-refractivity contribution in [3.05, 3.63) is 59.7 Å². The quantitative estimate of drug-likeness (QED) is 0.758. The lowest BCUT2D eigenvalue weighted by atomic mass is 9.95. The van der Waals surface area contributed by atoms with E-state index < -0.39 is 33.9 Å². The number of sulfonamides is 1. The molecule has 1 aliphatic heterocycles. The second kappa shape index (κ2) is 8.27. The third kappa shape index (κ3) is 4.62. The smallest absolute Gasteiger partial charge is 0.226 e. The SMILES string of the molecule is CS(=O)(=O)N[C@@H]1CN(C(=O)C2CC2c2ccccc2-c2c(F)cccc2F)CC[C@@H]1F. The topological polar surface area (TPSA) is 66.5 Å². The summed E-state index contributed by atoms with van der Waals surface area (Å²) in [5.74, 6) is -2.12. The van der Waals surface area contributed by atoms with Gasteiger partial charge in [0.2, 0.25) is 15.9 Å². The van der Waals surface area contributed by atoms with Gasteiger partial charge in [-0.1, -0.05) is 30.3 Å². The van der Waals surface area contributed by atoms with Gasteiger partial charge in [-0.25, -0.2) is 26.3 Å². The molecule has 0 aromatic heterocycles. The van der Waals surface area contributed by atoms with E-state index in [0.717, 1.165) is 6.26 Å². The van der Waals surface area contributed by atoms with E-state index in [9.17, 15) is 26.4 Å². The summed E-state index contributed by atoms with van der Waals surface area (Å²) in [5.41, 5.74) is 0.986. The standard InChI is InChI=1S/C22H23F3N2O3S/c1-31(29,30)26-20-12-27(10-9-17(20)23)22(28)16-11-15(16)13-5-2-3-6-14(13)21-18(24)7-4-8-19(21)25/h2-8,15-17,20,26H,9-12H2,1H3/t15?,16?,17-,20+/m0/s1. The van der Waals surface area contributed by atoms with Crippen LogP contribution in [0.3, 0.4) is 0 Å². The molecule has 2 unspecified atom stereocenters. The Balaban J connectivity index is 1.53. The molecule has 1 saturated heterocycles. The molecule has 5 nitrogen and oxygen atoms in total. The van der Waals surface area contributed by atoms with Crippen LogP contribution >= 0.6 is 0 Å². The molecule has 1 amide bonds. The van der Waals surface area contributed by atoms with Gasteiger partial charge in [0.05, 0.1) is 17.9 Å². The maximum atomic E-state index is 14.4. The fourth-order valence-corrected chi connectivity index (χ4v) is 5.13. The first-order chi connectivity index (χ1) is 14.7. The Kier molecular flexibility index (Phi) is 5.83. The molecule has 2 aromatic carbocycles. The van der Waals surface area contributed by atoms with Gasteiger partial charge in [0.15, 0.2) is 0 Å². The Hall–Kier alpha value is -2.39. The number of carbonyl (C=O) groups excluding carboxylic acids is 1. The highest BCUT2D eigenvalue weighted by Crippen LogP contribution is 2.51. The van der Waals surface area contributed by atoms with Crippen molar-refractivity contribution in [1.82, 2.24) is 9.62 Å². The molecule has 1 heterocycles. The molecule has 2 fully saturated rings. The summed E-state index contributed by atoms with van der Waals surface area (Å²) in [5, 5.41) is 0. The van der Waals surface area contributed by atoms with E-state index in [1.807, 2.05) is 0 Å². The van der Waals surface area contributed by atoms with Crippen molar-refractivity contribution in [1.29, 1.82) is 0 Å². The number of amides is 1. The van der Waals surface area contributed by atoms with Crippen molar-refractivity contribution in [2.45, 2.75) is 31.0 Å². The van der Waals surface area contributed by atoms with Crippen molar-refractivity contribution < 1.29 is 26.4 Å². The molecule has 9 heteroatoms. The molecule has 1 saturated carbocycles. The normalized spacial score (nSPS) is 26.0. The Morgan fingerprint density at radius 2 is 1.77 bits per heavy atom. The van der Waals surface area contributed by atoms with Crippen molar-refractivity contribution in [3.63, 3.8) is 0 Å². The van der Waals surface area contributed by atoms with Gasteiger partial charge in [0, 0.05) is 19.0 Å². The Bertz CT molecular complexity index is 1090. The highest BCUT2D eigenvalue weighted by Gasteiger charge is 2.48. The summed E-state index contributed by atoms with van der Waals surface area (Å²) in [6, 6.07) is 9.56. The highest BCUT2D eigenvalue weighted by atomic mass is 32.2. The lowest BCUT2D eigenvalue weighted by Gasteiger charge is -2.35. The van der Waals surface area contributed by atoms with Crippen LogP contribution in [0.5, 0.6) is 0 Å². The molecule has 166 valence electrons. The van der Waals surface area contributed by atoms with Gasteiger partial charge in [-0.2, -0.15) is 0 Å². The fourth-order valence-electron chi connectivity index (χ4n) is 4.36. The average molecular weight is 452 g/mol. The molecule has 2 aliphatic rings. The fraction of sp³-hybridized carbons (Fsp3) is 0.409. The van der Waals surface area contributed by atoms with E-state index in [1.54, 1.807) is 24.3 Å². The maximum absolute atomic E-state index is 14.4. The van der Waals surface area contributed by atoms with Crippen LogP contribution in [-0.2, 0) is 14.8 Å². The zero-order chi connectivity index (χ0) is 22.3. The minimum absolute atomic E-state index is 0.0418. The van der Waals surface area contributed by atoms with E-state index in [2.05, 4.69) is 4.72 Å². The third-order valence-electron chi connectivity index (χ3n) is 5.91. The molecular weight excluding hydrogens is 429 g/mol. The number of hydrogen-bond acceptors (Lipinski definition) is 3. The monoisotopic (exact) mass is 452 g/mol. The molecule has 0 radical (unpaired) electrons. The Morgan fingerprint density at radius 3 is 2.45 bits per heavy atom. The number of hydrogen-bond donors (Lipinski definition) is 1. The van der Waals surface area contributed by atoms with Crippen LogP contribution in [0, 0.1) is 17.6 Å². The number of halogens is 3. The van der Waals surface area contributed by atoms with E-state index >= 15 is 0 Å². The largest absolute Gasteiger partial charge is 0.341 e. The number of nitrogens with zero attached hydrogens (tertiary/aromatic N) is 1. The number of likely N-dealkylation sites (tertiary alicyclic amines) is 1. The molecule has 2 aromatic rings. The predicted octanol–water partition coefficient (Wildman–Crippen LogP) is 3.22. The lowest BCUT2D eigenvalue weighted by molar-refractivity contribution is -0.134. The van der Waals surface area contributed by atoms with Crippen LogP contribution in [-0.4, -0.2) is 50.8 Å². The van der Waals surface area contributed by atoms with Crippen LogP contribution in [0.25, 0.3) is 11.1 Å². The molecule has 1 N–H and O–H groups in total. The summed E-state index contributed by atoms with van der Waals surface area (Å²) in [4.78, 5) is 14.5. The number of alkyl halides is 1. The molecule has 4 atom stereocenters. The third-order valence-corrected chi connectivity index (χ3v) is 6.64. The summed E-state index contributed by atoms with van der Waals surface area (Å²) in [6.07, 6.45) is 0.161. The number of nitrogens with one attached hydrogen (secondary N) is 1. The molecular formula is C22H23F3N2O3S. The minimum atomic E-state index is -3.61. The molecule has 4 rings (SSSR count). The number of benzene rings is 2. The van der Waals surface area contributed by atoms with E-state index in [4.69, 9.17) is 0 Å². The van der Waals surface area contributed by atoms with Crippen LogP contribution in [0.4, 0.5) is 13.2 Å². The van der Waals surface area contributed by atoms with Crippen LogP contribution < -0.4 is 4.72 Å². The molecule has 1 aliphatic carbocycles. The number of carbonyl (C=O) groups is 1. The Labute approximate surface area is 179 Å². The van der Waals surface area contributed by atoms with Crippen LogP contribution in [0.15, 0.2) is 42.5 Å². The average Bonchev–Trinajstić information content (AvgIpc) is 3.49. The summed E-state index contributed by atoms with van der Waals surface area (Å²) in [6.45, 7) is 0.161. The second-order valence-corrected chi connectivity index (χ2v) is 10.00. The lowest BCUT2D eigenvalue weighted by Crippen LogP contribution is -2.55. The summed E-state index contributed by atoms with van der Waals surface area (Å²) >= 11 is 0. The van der Waals surface area contributed by atoms with Gasteiger partial charge in [0.25, 0.3) is 0 Å². The van der Waals surface area contributed by atoms with E-state index in [1.165, 1.54) is 23.1 Å². The van der Waals surface area contributed by atoms with Crippen molar-refractivity contribution >= 4 is 15.9 Å². The van der Waals surface area contributed by atoms with E-state index in [0.29, 0.717) is 17.5 Å². The molecule has 31 heavy (non-hydrogen) atoms. The maximum Gasteiger partial charge on any atom is 0.226 e. The minimum Gasteiger partial charge on any atom is -0.341 e. The number of rotatable bonds is 5. The van der Waals surface area contributed by atoms with Gasteiger partial charge < -0.3 is 4.90 Å². The summed E-state index contributed by atoms with van der Waals surface area (Å²) < 4.78 is 68.1. The molecule has 0 spiro atoms. The highest BCUT2D eigenvalue weighted by molar-refractivity contribution is 7.88. The predicted molar refractivity (Wildman–Crippen MR) is 111 cm³/mol. The zero-order valence-corrected chi connectivity index (χ0v) is 17.7. The number of piperidine rings is 1. The van der Waals surface area contributed by atoms with Crippen molar-refractivity contribution in [2.75, 3.05) is 19.3 Å². The van der Waals surface area contributed by atoms with Crippen molar-refractivity contribution in [3.8, 4) is 11.1 Å².